The van der Waals surface area contributed by atoms with E-state index in [1.165, 1.54) is 5.52 Å². The third kappa shape index (κ3) is 3.00. The van der Waals surface area contributed by atoms with Crippen molar-refractivity contribution in [1.82, 2.24) is 14.5 Å². The van der Waals surface area contributed by atoms with Crippen molar-refractivity contribution in [2.45, 2.75) is 25.0 Å². The van der Waals surface area contributed by atoms with Crippen molar-refractivity contribution in [1.29, 1.82) is 0 Å². The normalized spacial score (nSPS) is 14.9. The molecule has 112 valence electrons. The Hall–Kier alpha value is -1.69. The summed E-state index contributed by atoms with van der Waals surface area (Å²) in [6.07, 6.45) is 0.771. The van der Waals surface area contributed by atoms with Crippen LogP contribution in [0.15, 0.2) is 29.4 Å². The van der Waals surface area contributed by atoms with Gasteiger partial charge in [0.2, 0.25) is 0 Å². The van der Waals surface area contributed by atoms with Gasteiger partial charge in [-0.05, 0) is 25.5 Å². The lowest BCUT2D eigenvalue weighted by Gasteiger charge is -2.11. The lowest BCUT2D eigenvalue weighted by molar-refractivity contribution is 0.158. The molecule has 0 N–H and O–H groups in total. The third-order valence-corrected chi connectivity index (χ3v) is 4.65. The monoisotopic (exact) mass is 305 g/mol. The van der Waals surface area contributed by atoms with Gasteiger partial charge < -0.3 is 14.2 Å². The SMILES string of the molecule is CCn1c(SCCCN2CCOC2=O)nc2ccccc21. The summed E-state index contributed by atoms with van der Waals surface area (Å²) in [5.41, 5.74) is 2.23. The number of imidazole rings is 1. The van der Waals surface area contributed by atoms with Crippen LogP contribution in [0.2, 0.25) is 0 Å². The molecule has 0 bridgehead atoms. The Morgan fingerprint density at radius 1 is 1.38 bits per heavy atom. The van der Waals surface area contributed by atoms with Gasteiger partial charge in [-0.1, -0.05) is 23.9 Å². The Morgan fingerprint density at radius 2 is 2.24 bits per heavy atom. The summed E-state index contributed by atoms with van der Waals surface area (Å²) in [6.45, 7) is 5.06. The number of benzene rings is 1. The van der Waals surface area contributed by atoms with Gasteiger partial charge in [-0.25, -0.2) is 9.78 Å². The van der Waals surface area contributed by atoms with Crippen LogP contribution in [0.3, 0.4) is 0 Å². The van der Waals surface area contributed by atoms with Crippen LogP contribution in [0.5, 0.6) is 0 Å². The van der Waals surface area contributed by atoms with Gasteiger partial charge in [-0.2, -0.15) is 0 Å². The molecule has 0 aliphatic carbocycles. The summed E-state index contributed by atoms with van der Waals surface area (Å²) < 4.78 is 7.16. The molecule has 5 nitrogen and oxygen atoms in total. The number of amides is 1. The molecule has 0 saturated carbocycles. The first-order chi connectivity index (χ1) is 10.3. The number of thioether (sulfide) groups is 1. The standard InChI is InChI=1S/C15H19N3O2S/c1-2-18-13-7-4-3-6-12(13)16-14(18)21-11-5-8-17-9-10-20-15(17)19/h3-4,6-7H,2,5,8-11H2,1H3. The second-order valence-electron chi connectivity index (χ2n) is 4.93. The molecule has 1 saturated heterocycles. The fourth-order valence-electron chi connectivity index (χ4n) is 2.52. The van der Waals surface area contributed by atoms with Crippen molar-refractivity contribution < 1.29 is 9.53 Å². The molecule has 21 heavy (non-hydrogen) atoms. The summed E-state index contributed by atoms with van der Waals surface area (Å²) in [5, 5.41) is 1.06. The van der Waals surface area contributed by atoms with E-state index in [0.29, 0.717) is 6.61 Å². The van der Waals surface area contributed by atoms with Crippen LogP contribution in [0, 0.1) is 0 Å². The lowest BCUT2D eigenvalue weighted by atomic mass is 10.3. The van der Waals surface area contributed by atoms with Crippen LogP contribution in [0.1, 0.15) is 13.3 Å². The highest BCUT2D eigenvalue weighted by Crippen LogP contribution is 2.24. The van der Waals surface area contributed by atoms with Gasteiger partial charge in [0, 0.05) is 18.8 Å². The van der Waals surface area contributed by atoms with Crippen LogP contribution in [-0.2, 0) is 11.3 Å². The summed E-state index contributed by atoms with van der Waals surface area (Å²) in [5.74, 6) is 0.951. The molecule has 1 aliphatic heterocycles. The molecule has 0 spiro atoms. The van der Waals surface area contributed by atoms with Crippen LogP contribution in [0.4, 0.5) is 4.79 Å². The van der Waals surface area contributed by atoms with Crippen molar-refractivity contribution in [2.75, 3.05) is 25.4 Å². The first-order valence-electron chi connectivity index (χ1n) is 7.29. The highest BCUT2D eigenvalue weighted by atomic mass is 32.2. The number of rotatable bonds is 6. The van der Waals surface area contributed by atoms with Crippen molar-refractivity contribution in [3.8, 4) is 0 Å². The first kappa shape index (κ1) is 14.3. The van der Waals surface area contributed by atoms with Crippen molar-refractivity contribution in [3.05, 3.63) is 24.3 Å². The van der Waals surface area contributed by atoms with Crippen LogP contribution in [0.25, 0.3) is 11.0 Å². The molecule has 6 heteroatoms. The predicted molar refractivity (Wildman–Crippen MR) is 83.7 cm³/mol. The van der Waals surface area contributed by atoms with Gasteiger partial charge in [0.1, 0.15) is 6.61 Å². The van der Waals surface area contributed by atoms with E-state index in [2.05, 4.69) is 22.5 Å². The van der Waals surface area contributed by atoms with E-state index in [4.69, 9.17) is 4.74 Å². The van der Waals surface area contributed by atoms with Crippen LogP contribution < -0.4 is 0 Å². The van der Waals surface area contributed by atoms with E-state index >= 15 is 0 Å². The van der Waals surface area contributed by atoms with Crippen molar-refractivity contribution >= 4 is 28.9 Å². The van der Waals surface area contributed by atoms with E-state index in [0.717, 1.165) is 42.5 Å². The minimum Gasteiger partial charge on any atom is -0.448 e. The summed E-state index contributed by atoms with van der Waals surface area (Å²) >= 11 is 1.76. The number of aryl methyl sites for hydroxylation is 1. The van der Waals surface area contributed by atoms with Gasteiger partial charge in [-0.3, -0.25) is 0 Å². The highest BCUT2D eigenvalue weighted by molar-refractivity contribution is 7.99. The Morgan fingerprint density at radius 3 is 3.00 bits per heavy atom. The number of carbonyl (C=O) groups excluding carboxylic acids is 1. The lowest BCUT2D eigenvalue weighted by Crippen LogP contribution is -2.25. The molecule has 2 aromatic rings. The highest BCUT2D eigenvalue weighted by Gasteiger charge is 2.20. The maximum absolute atomic E-state index is 11.3. The number of fused-ring (bicyclic) bond motifs is 1. The maximum Gasteiger partial charge on any atom is 0.409 e. The second kappa shape index (κ2) is 6.39. The Bertz CT molecular complexity index is 641. The Balaban J connectivity index is 1.59. The zero-order valence-corrected chi connectivity index (χ0v) is 12.9. The van der Waals surface area contributed by atoms with E-state index in [1.807, 2.05) is 18.2 Å². The van der Waals surface area contributed by atoms with Crippen LogP contribution in [-0.4, -0.2) is 46.0 Å². The zero-order valence-electron chi connectivity index (χ0n) is 12.1. The fraction of sp³-hybridized carbons (Fsp3) is 0.467. The van der Waals surface area contributed by atoms with Crippen molar-refractivity contribution in [2.24, 2.45) is 0 Å². The number of ether oxygens (including phenoxy) is 1. The minimum absolute atomic E-state index is 0.180. The number of cyclic esters (lactones) is 1. The number of hydrogen-bond donors (Lipinski definition) is 0. The number of carbonyl (C=O) groups is 1. The number of nitrogens with zero attached hydrogens (tertiary/aromatic N) is 3. The summed E-state index contributed by atoms with van der Waals surface area (Å²) in [6, 6.07) is 8.22. The third-order valence-electron chi connectivity index (χ3n) is 3.58. The second-order valence-corrected chi connectivity index (χ2v) is 5.99. The van der Waals surface area contributed by atoms with Crippen molar-refractivity contribution in [3.63, 3.8) is 0 Å². The molecule has 2 heterocycles. The minimum atomic E-state index is -0.180. The van der Waals surface area contributed by atoms with E-state index < -0.39 is 0 Å². The average molecular weight is 305 g/mol. The molecule has 1 aromatic heterocycles. The molecule has 0 unspecified atom stereocenters. The van der Waals surface area contributed by atoms with Gasteiger partial charge in [0.15, 0.2) is 5.16 Å². The molecule has 1 aliphatic rings. The quantitative estimate of drug-likeness (QED) is 0.608. The number of para-hydroxylation sites is 2. The average Bonchev–Trinajstić information content (AvgIpc) is 3.06. The number of hydrogen-bond acceptors (Lipinski definition) is 4. The zero-order chi connectivity index (χ0) is 14.7. The molecular weight excluding hydrogens is 286 g/mol. The van der Waals surface area contributed by atoms with Gasteiger partial charge in [-0.15, -0.1) is 0 Å². The topological polar surface area (TPSA) is 47.4 Å². The summed E-state index contributed by atoms with van der Waals surface area (Å²) in [4.78, 5) is 17.8. The number of aromatic nitrogens is 2. The maximum atomic E-state index is 11.3. The summed E-state index contributed by atoms with van der Waals surface area (Å²) in [7, 11) is 0. The molecule has 0 atom stereocenters. The van der Waals surface area contributed by atoms with E-state index in [9.17, 15) is 4.79 Å². The molecule has 1 amide bonds. The Kier molecular flexibility index (Phi) is 4.34. The smallest absolute Gasteiger partial charge is 0.409 e. The van der Waals surface area contributed by atoms with Gasteiger partial charge in [0.05, 0.1) is 17.6 Å². The first-order valence-corrected chi connectivity index (χ1v) is 8.28. The van der Waals surface area contributed by atoms with E-state index in [1.54, 1.807) is 16.7 Å². The molecule has 0 radical (unpaired) electrons. The van der Waals surface area contributed by atoms with Gasteiger partial charge >= 0.3 is 6.09 Å². The van der Waals surface area contributed by atoms with E-state index in [-0.39, 0.29) is 6.09 Å². The molecule has 1 aromatic carbocycles. The fourth-order valence-corrected chi connectivity index (χ4v) is 3.52. The molecule has 3 rings (SSSR count). The predicted octanol–water partition coefficient (Wildman–Crippen LogP) is 2.99. The molecule has 1 fully saturated rings. The Labute approximate surface area is 128 Å². The largest absolute Gasteiger partial charge is 0.448 e. The van der Waals surface area contributed by atoms with Gasteiger partial charge in [0.25, 0.3) is 0 Å². The van der Waals surface area contributed by atoms with Crippen LogP contribution >= 0.6 is 11.8 Å². The molecular formula is C15H19N3O2S.